The van der Waals surface area contributed by atoms with E-state index in [-0.39, 0.29) is 11.8 Å². The zero-order chi connectivity index (χ0) is 10.7. The van der Waals surface area contributed by atoms with Gasteiger partial charge in [0.2, 0.25) is 0 Å². The maximum atomic E-state index is 12.0. The number of carbonyl (C=O) groups excluding carboxylic acids is 1. The lowest BCUT2D eigenvalue weighted by Crippen LogP contribution is -2.36. The van der Waals surface area contributed by atoms with Crippen molar-refractivity contribution in [2.24, 2.45) is 7.05 Å². The van der Waals surface area contributed by atoms with Crippen molar-refractivity contribution < 1.29 is 4.79 Å². The van der Waals surface area contributed by atoms with Crippen LogP contribution in [0.15, 0.2) is 12.3 Å². The highest BCUT2D eigenvalue weighted by atomic mass is 16.1. The van der Waals surface area contributed by atoms with E-state index in [1.54, 1.807) is 10.7 Å². The zero-order valence-electron chi connectivity index (χ0n) is 9.07. The minimum absolute atomic E-state index is 0.0256. The summed E-state index contributed by atoms with van der Waals surface area (Å²) in [5.74, 6) is 0.137. The second kappa shape index (κ2) is 4.57. The second-order valence-corrected chi connectivity index (χ2v) is 4.09. The maximum Gasteiger partial charge on any atom is 0.199 e. The highest BCUT2D eigenvalue weighted by Crippen LogP contribution is 2.12. The minimum Gasteiger partial charge on any atom is -0.307 e. The van der Waals surface area contributed by atoms with E-state index in [1.165, 1.54) is 12.8 Å². The van der Waals surface area contributed by atoms with Gasteiger partial charge in [-0.25, -0.2) is 0 Å². The summed E-state index contributed by atoms with van der Waals surface area (Å²) in [5, 5.41) is 7.43. The molecule has 1 aromatic rings. The molecule has 82 valence electrons. The van der Waals surface area contributed by atoms with Gasteiger partial charge in [0.1, 0.15) is 5.69 Å². The molecule has 1 fully saturated rings. The van der Waals surface area contributed by atoms with E-state index in [1.807, 2.05) is 13.2 Å². The molecule has 0 amide bonds. The van der Waals surface area contributed by atoms with E-state index in [4.69, 9.17) is 0 Å². The maximum absolute atomic E-state index is 12.0. The molecule has 15 heavy (non-hydrogen) atoms. The molecular formula is C11H17N3O. The van der Waals surface area contributed by atoms with Crippen LogP contribution < -0.4 is 5.32 Å². The third kappa shape index (κ3) is 2.45. The van der Waals surface area contributed by atoms with Crippen LogP contribution in [0.5, 0.6) is 0 Å². The molecule has 0 spiro atoms. The smallest absolute Gasteiger partial charge is 0.199 e. The van der Waals surface area contributed by atoms with E-state index >= 15 is 0 Å². The number of Topliss-reactive ketones (excluding diaryl/α,β-unsaturated/α-hetero) is 1. The van der Waals surface area contributed by atoms with Crippen molar-refractivity contribution in [2.75, 3.05) is 6.54 Å². The number of ketones is 1. The first-order chi connectivity index (χ1) is 7.27. The number of hydrogen-bond acceptors (Lipinski definition) is 3. The van der Waals surface area contributed by atoms with Gasteiger partial charge >= 0.3 is 0 Å². The summed E-state index contributed by atoms with van der Waals surface area (Å²) >= 11 is 0. The lowest BCUT2D eigenvalue weighted by molar-refractivity contribution is 0.0935. The first-order valence-corrected chi connectivity index (χ1v) is 5.54. The molecule has 2 rings (SSSR count). The minimum atomic E-state index is -0.0256. The molecule has 0 aromatic carbocycles. The van der Waals surface area contributed by atoms with Gasteiger partial charge in [-0.1, -0.05) is 12.8 Å². The number of hydrogen-bond donors (Lipinski definition) is 1. The molecule has 1 aromatic heterocycles. The summed E-state index contributed by atoms with van der Waals surface area (Å²) in [4.78, 5) is 12.0. The van der Waals surface area contributed by atoms with Crippen LogP contribution in [0.25, 0.3) is 0 Å². The molecule has 1 unspecified atom stereocenters. The molecule has 0 bridgehead atoms. The Morgan fingerprint density at radius 3 is 3.13 bits per heavy atom. The molecule has 1 aliphatic rings. The SMILES string of the molecule is Cn1ccc(C(=O)C2CCCCCN2)n1. The number of nitrogens with one attached hydrogen (secondary N) is 1. The zero-order valence-corrected chi connectivity index (χ0v) is 9.07. The van der Waals surface area contributed by atoms with Crippen LogP contribution in [0, 0.1) is 0 Å². The van der Waals surface area contributed by atoms with Gasteiger partial charge in [-0.2, -0.15) is 5.10 Å². The lowest BCUT2D eigenvalue weighted by atomic mass is 10.0. The van der Waals surface area contributed by atoms with Crippen LogP contribution in [0.4, 0.5) is 0 Å². The van der Waals surface area contributed by atoms with Crippen molar-refractivity contribution in [3.05, 3.63) is 18.0 Å². The third-order valence-electron chi connectivity index (χ3n) is 2.84. The van der Waals surface area contributed by atoms with Gasteiger partial charge < -0.3 is 5.32 Å². The summed E-state index contributed by atoms with van der Waals surface area (Å²) in [6, 6.07) is 1.76. The number of aromatic nitrogens is 2. The van der Waals surface area contributed by atoms with E-state index < -0.39 is 0 Å². The topological polar surface area (TPSA) is 46.9 Å². The Morgan fingerprint density at radius 2 is 2.40 bits per heavy atom. The van der Waals surface area contributed by atoms with Crippen LogP contribution in [-0.4, -0.2) is 28.2 Å². The fourth-order valence-electron chi connectivity index (χ4n) is 1.98. The van der Waals surface area contributed by atoms with Crippen molar-refractivity contribution >= 4 is 5.78 Å². The standard InChI is InChI=1S/C11H17N3O/c1-14-8-6-10(13-14)11(15)9-5-3-2-4-7-12-9/h6,8-9,12H,2-5,7H2,1H3. The summed E-state index contributed by atoms with van der Waals surface area (Å²) in [7, 11) is 1.83. The van der Waals surface area contributed by atoms with E-state index in [9.17, 15) is 4.79 Å². The van der Waals surface area contributed by atoms with E-state index in [0.717, 1.165) is 19.4 Å². The predicted molar refractivity (Wildman–Crippen MR) is 57.8 cm³/mol. The summed E-state index contributed by atoms with van der Waals surface area (Å²) in [6.45, 7) is 0.948. The molecule has 1 aliphatic heterocycles. The summed E-state index contributed by atoms with van der Waals surface area (Å²) in [5.41, 5.74) is 0.580. The van der Waals surface area contributed by atoms with Gasteiger partial charge in [0.25, 0.3) is 0 Å². The molecule has 1 saturated heterocycles. The first-order valence-electron chi connectivity index (χ1n) is 5.54. The Bertz CT molecular complexity index is 337. The number of nitrogens with zero attached hydrogens (tertiary/aromatic N) is 2. The summed E-state index contributed by atoms with van der Waals surface area (Å²) < 4.78 is 1.67. The Morgan fingerprint density at radius 1 is 1.53 bits per heavy atom. The van der Waals surface area contributed by atoms with Crippen LogP contribution in [0.1, 0.15) is 36.2 Å². The van der Waals surface area contributed by atoms with Gasteiger partial charge in [0.15, 0.2) is 5.78 Å². The van der Waals surface area contributed by atoms with Crippen molar-refractivity contribution in [1.82, 2.24) is 15.1 Å². The average molecular weight is 207 g/mol. The molecule has 0 radical (unpaired) electrons. The molecular weight excluding hydrogens is 190 g/mol. The van der Waals surface area contributed by atoms with Crippen LogP contribution >= 0.6 is 0 Å². The molecule has 1 atom stereocenters. The fourth-order valence-corrected chi connectivity index (χ4v) is 1.98. The van der Waals surface area contributed by atoms with Gasteiger partial charge in [0, 0.05) is 13.2 Å². The van der Waals surface area contributed by atoms with Gasteiger partial charge in [-0.15, -0.1) is 0 Å². The fraction of sp³-hybridized carbons (Fsp3) is 0.636. The first kappa shape index (κ1) is 10.4. The van der Waals surface area contributed by atoms with Gasteiger partial charge in [-0.05, 0) is 25.5 Å². The Labute approximate surface area is 89.7 Å². The summed E-state index contributed by atoms with van der Waals surface area (Å²) in [6.07, 6.45) is 6.28. The normalized spacial score (nSPS) is 22.3. The molecule has 4 heteroatoms. The Balaban J connectivity index is 2.06. The van der Waals surface area contributed by atoms with E-state index in [2.05, 4.69) is 10.4 Å². The van der Waals surface area contributed by atoms with Crippen LogP contribution in [-0.2, 0) is 7.05 Å². The number of aryl methyl sites for hydroxylation is 1. The van der Waals surface area contributed by atoms with E-state index in [0.29, 0.717) is 5.69 Å². The average Bonchev–Trinajstić information content (AvgIpc) is 2.53. The number of rotatable bonds is 2. The van der Waals surface area contributed by atoms with Crippen molar-refractivity contribution in [3.8, 4) is 0 Å². The molecule has 0 saturated carbocycles. The molecule has 1 N–H and O–H groups in total. The third-order valence-corrected chi connectivity index (χ3v) is 2.84. The highest BCUT2D eigenvalue weighted by Gasteiger charge is 2.22. The monoisotopic (exact) mass is 207 g/mol. The highest BCUT2D eigenvalue weighted by molar-refractivity contribution is 5.98. The molecule has 0 aliphatic carbocycles. The van der Waals surface area contributed by atoms with Crippen LogP contribution in [0.3, 0.4) is 0 Å². The van der Waals surface area contributed by atoms with Crippen molar-refractivity contribution in [2.45, 2.75) is 31.7 Å². The van der Waals surface area contributed by atoms with Crippen LogP contribution in [0.2, 0.25) is 0 Å². The molecule has 4 nitrogen and oxygen atoms in total. The Hall–Kier alpha value is -1.16. The second-order valence-electron chi connectivity index (χ2n) is 4.09. The van der Waals surface area contributed by atoms with Gasteiger partial charge in [0.05, 0.1) is 6.04 Å². The van der Waals surface area contributed by atoms with Crippen molar-refractivity contribution in [3.63, 3.8) is 0 Å². The predicted octanol–water partition coefficient (Wildman–Crippen LogP) is 1.14. The van der Waals surface area contributed by atoms with Crippen molar-refractivity contribution in [1.29, 1.82) is 0 Å². The molecule has 2 heterocycles. The quantitative estimate of drug-likeness (QED) is 0.740. The number of carbonyl (C=O) groups is 1. The van der Waals surface area contributed by atoms with Gasteiger partial charge in [-0.3, -0.25) is 9.48 Å². The lowest BCUT2D eigenvalue weighted by Gasteiger charge is -2.12. The Kier molecular flexibility index (Phi) is 3.16. The largest absolute Gasteiger partial charge is 0.307 e.